The Kier molecular flexibility index (Phi) is 3.44. The summed E-state index contributed by atoms with van der Waals surface area (Å²) in [6.07, 6.45) is -6.77. The molecule has 0 radical (unpaired) electrons. The fourth-order valence-electron chi connectivity index (χ4n) is 1.49. The van der Waals surface area contributed by atoms with Gasteiger partial charge in [-0.25, -0.2) is 0 Å². The van der Waals surface area contributed by atoms with Gasteiger partial charge in [0.05, 0.1) is 6.61 Å². The van der Waals surface area contributed by atoms with Crippen LogP contribution in [0, 0.1) is 0 Å². The Morgan fingerprint density at radius 3 is 2.33 bits per heavy atom. The van der Waals surface area contributed by atoms with E-state index in [1.165, 1.54) is 0 Å². The van der Waals surface area contributed by atoms with Gasteiger partial charge in [0.15, 0.2) is 12.1 Å². The quantitative estimate of drug-likeness (QED) is 0.332. The molecule has 0 amide bonds. The van der Waals surface area contributed by atoms with Crippen LogP contribution in [0.3, 0.4) is 0 Å². The van der Waals surface area contributed by atoms with Crippen LogP contribution < -0.4 is 0 Å². The van der Waals surface area contributed by atoms with E-state index in [1.54, 1.807) is 0 Å². The Bertz CT molecular complexity index is 255. The normalized spacial score (nSPS) is 46.5. The number of carbonyl (C=O) groups excluding carboxylic acids is 1. The van der Waals surface area contributed by atoms with Crippen LogP contribution >= 0.6 is 0 Å². The van der Waals surface area contributed by atoms with Crippen molar-refractivity contribution in [3.05, 3.63) is 0 Å². The lowest BCUT2D eigenvalue weighted by atomic mass is 9.84. The second-order valence-corrected chi connectivity index (χ2v) is 3.53. The van der Waals surface area contributed by atoms with Crippen molar-refractivity contribution in [1.29, 1.82) is 0 Å². The summed E-state index contributed by atoms with van der Waals surface area (Å²) >= 11 is 0. The first-order valence-corrected chi connectivity index (χ1v) is 4.39. The van der Waals surface area contributed by atoms with Crippen molar-refractivity contribution in [3.8, 4) is 0 Å². The maximum absolute atomic E-state index is 11.1. The van der Waals surface area contributed by atoms with Gasteiger partial charge in [0.25, 0.3) is 0 Å². The highest BCUT2D eigenvalue weighted by Crippen LogP contribution is 2.29. The zero-order chi connectivity index (χ0) is 11.8. The van der Waals surface area contributed by atoms with Gasteiger partial charge in [0, 0.05) is 0 Å². The number of Topliss-reactive ketones (excluding diaryl/α,β-unsaturated/α-hetero) is 1. The summed E-state index contributed by atoms with van der Waals surface area (Å²) < 4.78 is 4.62. The molecule has 1 aliphatic heterocycles. The molecule has 0 saturated carbocycles. The Hall–Kier alpha value is -0.570. The minimum Gasteiger partial charge on any atom is -0.394 e. The summed E-state index contributed by atoms with van der Waals surface area (Å²) in [4.78, 5) is 11.1. The highest BCUT2D eigenvalue weighted by molar-refractivity contribution is 5.86. The second-order valence-electron chi connectivity index (χ2n) is 3.53. The van der Waals surface area contributed by atoms with E-state index < -0.39 is 42.6 Å². The first kappa shape index (κ1) is 12.5. The Morgan fingerprint density at radius 2 is 1.93 bits per heavy atom. The Labute approximate surface area is 85.5 Å². The molecule has 7 heteroatoms. The molecule has 0 spiro atoms. The molecule has 0 bridgehead atoms. The highest BCUT2D eigenvalue weighted by atomic mass is 16.6. The summed E-state index contributed by atoms with van der Waals surface area (Å²) in [5, 5.41) is 46.5. The fraction of sp³-hybridized carbons (Fsp3) is 0.875. The minimum atomic E-state index is -2.56. The molecule has 1 unspecified atom stereocenters. The Balaban J connectivity index is 2.98. The molecule has 1 rings (SSSR count). The number of rotatable bonds is 2. The number of ether oxygens (including phenoxy) is 1. The number of hydrogen-bond acceptors (Lipinski definition) is 7. The van der Waals surface area contributed by atoms with Crippen molar-refractivity contribution in [1.82, 2.24) is 0 Å². The molecule has 5 atom stereocenters. The molecule has 0 aliphatic carbocycles. The number of ketones is 1. The summed E-state index contributed by atoms with van der Waals surface area (Å²) in [6, 6.07) is 0. The van der Waals surface area contributed by atoms with Crippen LogP contribution in [0.4, 0.5) is 0 Å². The van der Waals surface area contributed by atoms with Crippen LogP contribution in [0.1, 0.15) is 6.92 Å². The maximum Gasteiger partial charge on any atom is 0.202 e. The second kappa shape index (κ2) is 4.12. The zero-order valence-corrected chi connectivity index (χ0v) is 8.07. The van der Waals surface area contributed by atoms with Gasteiger partial charge < -0.3 is 30.3 Å². The van der Waals surface area contributed by atoms with Crippen molar-refractivity contribution in [2.24, 2.45) is 0 Å². The van der Waals surface area contributed by atoms with Crippen molar-refractivity contribution in [3.63, 3.8) is 0 Å². The lowest BCUT2D eigenvalue weighted by molar-refractivity contribution is -0.316. The maximum atomic E-state index is 11.1. The summed E-state index contributed by atoms with van der Waals surface area (Å²) in [6.45, 7) is 0.297. The fourth-order valence-corrected chi connectivity index (χ4v) is 1.49. The summed E-state index contributed by atoms with van der Waals surface area (Å²) in [5.41, 5.74) is -2.56. The van der Waals surface area contributed by atoms with E-state index >= 15 is 0 Å². The van der Waals surface area contributed by atoms with Crippen LogP contribution in [-0.4, -0.2) is 68.1 Å². The van der Waals surface area contributed by atoms with Crippen molar-refractivity contribution in [2.45, 2.75) is 37.1 Å². The standard InChI is InChI=1S/C8H14O7/c1-3(10)8(14)6(12)5(11)4(2-9)15-7(8)13/h4-7,9,11-14H,2H2,1H3/t4-,5-,6+,7?,8-/m1/s1. The predicted octanol–water partition coefficient (Wildman–Crippen LogP) is -3.26. The van der Waals surface area contributed by atoms with Crippen LogP contribution in [-0.2, 0) is 9.53 Å². The third-order valence-electron chi connectivity index (χ3n) is 2.58. The van der Waals surface area contributed by atoms with Gasteiger partial charge >= 0.3 is 0 Å². The highest BCUT2D eigenvalue weighted by Gasteiger charge is 2.57. The van der Waals surface area contributed by atoms with Gasteiger partial charge in [-0.05, 0) is 6.92 Å². The molecule has 1 saturated heterocycles. The number of aliphatic hydroxyl groups excluding tert-OH is 4. The molecule has 0 aromatic rings. The molecule has 1 fully saturated rings. The topological polar surface area (TPSA) is 127 Å². The number of hydrogen-bond donors (Lipinski definition) is 5. The van der Waals surface area contributed by atoms with E-state index in [0.29, 0.717) is 0 Å². The van der Waals surface area contributed by atoms with Crippen LogP contribution in [0.2, 0.25) is 0 Å². The van der Waals surface area contributed by atoms with Crippen molar-refractivity contribution in [2.75, 3.05) is 6.61 Å². The van der Waals surface area contributed by atoms with Crippen molar-refractivity contribution >= 4 is 5.78 Å². The molecule has 0 aromatic carbocycles. The van der Waals surface area contributed by atoms with Gasteiger partial charge in [0.2, 0.25) is 5.60 Å². The molecular weight excluding hydrogens is 208 g/mol. The molecule has 88 valence electrons. The molecule has 15 heavy (non-hydrogen) atoms. The first-order chi connectivity index (χ1) is 6.85. The van der Waals surface area contributed by atoms with Crippen LogP contribution in [0.15, 0.2) is 0 Å². The van der Waals surface area contributed by atoms with Crippen LogP contribution in [0.5, 0.6) is 0 Å². The third-order valence-corrected chi connectivity index (χ3v) is 2.58. The van der Waals surface area contributed by atoms with E-state index in [9.17, 15) is 25.2 Å². The van der Waals surface area contributed by atoms with E-state index in [-0.39, 0.29) is 0 Å². The van der Waals surface area contributed by atoms with Crippen LogP contribution in [0.25, 0.3) is 0 Å². The number of carbonyl (C=O) groups is 1. The van der Waals surface area contributed by atoms with E-state index in [1.807, 2.05) is 0 Å². The van der Waals surface area contributed by atoms with Gasteiger partial charge in [0.1, 0.15) is 18.3 Å². The lowest BCUT2D eigenvalue weighted by Gasteiger charge is -2.44. The molecule has 1 aliphatic rings. The molecule has 1 heterocycles. The van der Waals surface area contributed by atoms with Gasteiger partial charge in [-0.15, -0.1) is 0 Å². The minimum absolute atomic E-state index is 0.650. The van der Waals surface area contributed by atoms with E-state index in [4.69, 9.17) is 5.11 Å². The molecule has 0 aromatic heterocycles. The first-order valence-electron chi connectivity index (χ1n) is 4.39. The average molecular weight is 222 g/mol. The van der Waals surface area contributed by atoms with Gasteiger partial charge in [-0.1, -0.05) is 0 Å². The molecular formula is C8H14O7. The largest absolute Gasteiger partial charge is 0.394 e. The van der Waals surface area contributed by atoms with E-state index in [2.05, 4.69) is 4.74 Å². The number of aliphatic hydroxyl groups is 5. The monoisotopic (exact) mass is 222 g/mol. The summed E-state index contributed by atoms with van der Waals surface area (Å²) in [7, 11) is 0. The third kappa shape index (κ3) is 1.78. The van der Waals surface area contributed by atoms with Crippen molar-refractivity contribution < 1.29 is 35.1 Å². The molecule has 5 N–H and O–H groups in total. The Morgan fingerprint density at radius 1 is 1.40 bits per heavy atom. The van der Waals surface area contributed by atoms with Gasteiger partial charge in [-0.2, -0.15) is 0 Å². The smallest absolute Gasteiger partial charge is 0.202 e. The lowest BCUT2D eigenvalue weighted by Crippen LogP contribution is -2.69. The molecule has 7 nitrogen and oxygen atoms in total. The van der Waals surface area contributed by atoms with Gasteiger partial charge in [-0.3, -0.25) is 4.79 Å². The zero-order valence-electron chi connectivity index (χ0n) is 8.07. The SMILES string of the molecule is CC(=O)[C@]1(O)C(O)O[C@H](CO)[C@@H](O)[C@@H]1O. The summed E-state index contributed by atoms with van der Waals surface area (Å²) in [5.74, 6) is -0.932. The predicted molar refractivity (Wildman–Crippen MR) is 45.6 cm³/mol. The average Bonchev–Trinajstić information content (AvgIpc) is 2.20. The van der Waals surface area contributed by atoms with E-state index in [0.717, 1.165) is 6.92 Å².